The number of carboxylic acid groups (broad SMARTS) is 1. The number of aromatic nitrogens is 1. The molecule has 0 saturated heterocycles. The highest BCUT2D eigenvalue weighted by atomic mass is 35.5. The summed E-state index contributed by atoms with van der Waals surface area (Å²) in [6, 6.07) is 18.7. The Balaban J connectivity index is 1.58. The minimum atomic E-state index is -4.53. The van der Waals surface area contributed by atoms with E-state index in [-0.39, 0.29) is 37.3 Å². The number of nitrogens with zero attached hydrogens (tertiary/aromatic N) is 1. The van der Waals surface area contributed by atoms with E-state index in [0.29, 0.717) is 27.3 Å². The number of hydrogen-bond acceptors (Lipinski definition) is 4. The normalized spacial score (nSPS) is 11.4. The van der Waals surface area contributed by atoms with Gasteiger partial charge in [-0.05, 0) is 96.1 Å². The van der Waals surface area contributed by atoms with Gasteiger partial charge in [0.1, 0.15) is 5.69 Å². The fourth-order valence-corrected chi connectivity index (χ4v) is 4.86. The number of nitrogens with one attached hydrogen (secondary N) is 1. The van der Waals surface area contributed by atoms with Crippen molar-refractivity contribution in [3.63, 3.8) is 0 Å². The number of aliphatic carboxylic acids is 1. The van der Waals surface area contributed by atoms with Gasteiger partial charge in [-0.1, -0.05) is 35.9 Å². The van der Waals surface area contributed by atoms with Crippen molar-refractivity contribution in [1.29, 1.82) is 0 Å². The van der Waals surface area contributed by atoms with Gasteiger partial charge in [0.15, 0.2) is 5.78 Å². The third-order valence-corrected chi connectivity index (χ3v) is 7.04. The second kappa shape index (κ2) is 12.6. The molecule has 9 heteroatoms. The third-order valence-electron chi connectivity index (χ3n) is 6.81. The van der Waals surface area contributed by atoms with Gasteiger partial charge in [-0.15, -0.1) is 0 Å². The van der Waals surface area contributed by atoms with Crippen LogP contribution >= 0.6 is 11.6 Å². The van der Waals surface area contributed by atoms with E-state index in [2.05, 4.69) is 10.3 Å². The standard InChI is InChI=1S/C32H28ClF3N2O3/c1-19-14-23(32(34,35)36)16-27(22-8-13-29(38-17-22)30(39)4-3-5-31(40)41)28(19)18-37-25-10-6-21(7-11-25)26-12-9-24(33)15-20(26)2/h6-17,37H,3-5,18H2,1-2H3,(H,40,41). The van der Waals surface area contributed by atoms with Crippen LogP contribution in [0.25, 0.3) is 22.3 Å². The van der Waals surface area contributed by atoms with Gasteiger partial charge in [-0.3, -0.25) is 14.6 Å². The van der Waals surface area contributed by atoms with Crippen molar-refractivity contribution in [1.82, 2.24) is 4.98 Å². The number of benzene rings is 3. The van der Waals surface area contributed by atoms with E-state index in [9.17, 15) is 22.8 Å². The SMILES string of the molecule is Cc1cc(Cl)ccc1-c1ccc(NCc2c(C)cc(C(F)(F)F)cc2-c2ccc(C(=O)CCCC(=O)O)nc2)cc1. The van der Waals surface area contributed by atoms with Gasteiger partial charge >= 0.3 is 12.1 Å². The van der Waals surface area contributed by atoms with Crippen molar-refractivity contribution in [2.75, 3.05) is 5.32 Å². The molecule has 0 bridgehead atoms. The van der Waals surface area contributed by atoms with Crippen molar-refractivity contribution in [3.05, 3.63) is 106 Å². The van der Waals surface area contributed by atoms with Crippen molar-refractivity contribution in [2.24, 2.45) is 0 Å². The number of rotatable bonds is 10. The van der Waals surface area contributed by atoms with E-state index in [1.165, 1.54) is 12.3 Å². The first-order valence-electron chi connectivity index (χ1n) is 12.9. The molecule has 0 radical (unpaired) electrons. The molecule has 3 aromatic carbocycles. The summed E-state index contributed by atoms with van der Waals surface area (Å²) in [6.45, 7) is 3.88. The number of Topliss-reactive ketones (excluding diaryl/α,β-unsaturated/α-hetero) is 1. The number of carbonyl (C=O) groups is 2. The lowest BCUT2D eigenvalue weighted by atomic mass is 9.93. The number of hydrogen-bond donors (Lipinski definition) is 2. The molecule has 0 atom stereocenters. The fraction of sp³-hybridized carbons (Fsp3) is 0.219. The lowest BCUT2D eigenvalue weighted by Gasteiger charge is -2.18. The van der Waals surface area contributed by atoms with E-state index < -0.39 is 17.7 Å². The second-order valence-corrected chi connectivity index (χ2v) is 10.2. The second-order valence-electron chi connectivity index (χ2n) is 9.81. The van der Waals surface area contributed by atoms with E-state index in [1.54, 1.807) is 13.0 Å². The molecule has 0 amide bonds. The number of carboxylic acids is 1. The number of anilines is 1. The molecule has 0 aliphatic rings. The molecule has 212 valence electrons. The summed E-state index contributed by atoms with van der Waals surface area (Å²) in [4.78, 5) is 27.2. The van der Waals surface area contributed by atoms with E-state index in [0.717, 1.165) is 34.5 Å². The predicted octanol–water partition coefficient (Wildman–Crippen LogP) is 8.75. The average Bonchev–Trinajstić information content (AvgIpc) is 2.92. The molecule has 4 aromatic rings. The molecule has 0 fully saturated rings. The molecule has 4 rings (SSSR count). The minimum Gasteiger partial charge on any atom is -0.481 e. The zero-order valence-electron chi connectivity index (χ0n) is 22.5. The number of alkyl halides is 3. The molecule has 2 N–H and O–H groups in total. The van der Waals surface area contributed by atoms with Crippen LogP contribution in [0.1, 0.15) is 52.0 Å². The lowest BCUT2D eigenvalue weighted by molar-refractivity contribution is -0.138. The first-order chi connectivity index (χ1) is 19.4. The molecule has 41 heavy (non-hydrogen) atoms. The number of halogens is 4. The highest BCUT2D eigenvalue weighted by Gasteiger charge is 2.32. The predicted molar refractivity (Wildman–Crippen MR) is 154 cm³/mol. The molecule has 0 unspecified atom stereocenters. The van der Waals surface area contributed by atoms with Crippen LogP contribution in [-0.4, -0.2) is 21.8 Å². The van der Waals surface area contributed by atoms with Crippen LogP contribution in [0.2, 0.25) is 5.02 Å². The van der Waals surface area contributed by atoms with Crippen LogP contribution in [0.15, 0.2) is 72.9 Å². The van der Waals surface area contributed by atoms with Gasteiger partial charge in [-0.25, -0.2) is 0 Å². The van der Waals surface area contributed by atoms with Crippen LogP contribution in [0.5, 0.6) is 0 Å². The quantitative estimate of drug-likeness (QED) is 0.183. The van der Waals surface area contributed by atoms with Gasteiger partial charge < -0.3 is 10.4 Å². The van der Waals surface area contributed by atoms with Crippen LogP contribution in [0, 0.1) is 13.8 Å². The molecule has 1 aromatic heterocycles. The Morgan fingerprint density at radius 2 is 1.59 bits per heavy atom. The van der Waals surface area contributed by atoms with Crippen molar-refractivity contribution in [3.8, 4) is 22.3 Å². The molecule has 5 nitrogen and oxygen atoms in total. The average molecular weight is 581 g/mol. The maximum Gasteiger partial charge on any atom is 0.416 e. The summed E-state index contributed by atoms with van der Waals surface area (Å²) in [5.74, 6) is -1.31. The maximum atomic E-state index is 13.7. The summed E-state index contributed by atoms with van der Waals surface area (Å²) in [6.07, 6.45) is -3.08. The van der Waals surface area contributed by atoms with Crippen molar-refractivity contribution < 1.29 is 27.9 Å². The first kappa shape index (κ1) is 29.8. The van der Waals surface area contributed by atoms with E-state index >= 15 is 0 Å². The molecular weight excluding hydrogens is 553 g/mol. The Hall–Kier alpha value is -4.17. The summed E-state index contributed by atoms with van der Waals surface area (Å²) in [7, 11) is 0. The van der Waals surface area contributed by atoms with Crippen LogP contribution < -0.4 is 5.32 Å². The zero-order valence-corrected chi connectivity index (χ0v) is 23.2. The minimum absolute atomic E-state index is 0.0207. The topological polar surface area (TPSA) is 79.3 Å². The number of aryl methyl sites for hydroxylation is 2. The highest BCUT2D eigenvalue weighted by Crippen LogP contribution is 2.36. The van der Waals surface area contributed by atoms with E-state index in [1.807, 2.05) is 49.4 Å². The first-order valence-corrected chi connectivity index (χ1v) is 13.3. The fourth-order valence-electron chi connectivity index (χ4n) is 4.63. The summed E-state index contributed by atoms with van der Waals surface area (Å²) in [5, 5.41) is 12.7. The monoisotopic (exact) mass is 580 g/mol. The van der Waals surface area contributed by atoms with Gasteiger partial charge in [0.05, 0.1) is 5.56 Å². The summed E-state index contributed by atoms with van der Waals surface area (Å²) >= 11 is 6.07. The molecule has 0 spiro atoms. The summed E-state index contributed by atoms with van der Waals surface area (Å²) < 4.78 is 41.1. The number of pyridine rings is 1. The van der Waals surface area contributed by atoms with Crippen molar-refractivity contribution in [2.45, 2.75) is 45.8 Å². The summed E-state index contributed by atoms with van der Waals surface area (Å²) in [5.41, 5.74) is 5.20. The highest BCUT2D eigenvalue weighted by molar-refractivity contribution is 6.30. The Morgan fingerprint density at radius 1 is 0.878 bits per heavy atom. The largest absolute Gasteiger partial charge is 0.481 e. The van der Waals surface area contributed by atoms with Crippen LogP contribution in [0.4, 0.5) is 18.9 Å². The van der Waals surface area contributed by atoms with E-state index in [4.69, 9.17) is 16.7 Å². The van der Waals surface area contributed by atoms with Crippen molar-refractivity contribution >= 4 is 29.0 Å². The number of ketones is 1. The Morgan fingerprint density at radius 3 is 2.20 bits per heavy atom. The Bertz CT molecular complexity index is 1570. The van der Waals surface area contributed by atoms with Gasteiger partial charge in [0, 0.05) is 41.9 Å². The van der Waals surface area contributed by atoms with Gasteiger partial charge in [0.2, 0.25) is 0 Å². The Labute approximate surface area is 241 Å². The van der Waals surface area contributed by atoms with Gasteiger partial charge in [-0.2, -0.15) is 13.2 Å². The zero-order chi connectivity index (χ0) is 29.7. The molecule has 0 aliphatic carbocycles. The van der Waals surface area contributed by atoms with Crippen LogP contribution in [0.3, 0.4) is 0 Å². The Kier molecular flexibility index (Phi) is 9.13. The number of carbonyl (C=O) groups excluding carboxylic acids is 1. The molecule has 1 heterocycles. The van der Waals surface area contributed by atoms with Gasteiger partial charge in [0.25, 0.3) is 0 Å². The molecule has 0 aliphatic heterocycles. The molecular formula is C32H28ClF3N2O3. The third kappa shape index (κ3) is 7.52. The van der Waals surface area contributed by atoms with Crippen LogP contribution in [-0.2, 0) is 17.5 Å². The smallest absolute Gasteiger partial charge is 0.416 e. The lowest BCUT2D eigenvalue weighted by Crippen LogP contribution is -2.10. The maximum absolute atomic E-state index is 13.7. The molecule has 0 saturated carbocycles.